The summed E-state index contributed by atoms with van der Waals surface area (Å²) in [4.78, 5) is 0. The van der Waals surface area contributed by atoms with Crippen molar-refractivity contribution in [1.29, 1.82) is 0 Å². The number of fused-ring (bicyclic) bond motifs is 1. The average molecular weight is 245 g/mol. The minimum absolute atomic E-state index is 0.309. The van der Waals surface area contributed by atoms with Gasteiger partial charge in [-0.15, -0.1) is 11.6 Å². The van der Waals surface area contributed by atoms with Gasteiger partial charge in [0.1, 0.15) is 0 Å². The summed E-state index contributed by atoms with van der Waals surface area (Å²) in [6.45, 7) is 0. The third-order valence-corrected chi connectivity index (χ3v) is 3.89. The summed E-state index contributed by atoms with van der Waals surface area (Å²) in [6.07, 6.45) is 4.97. The van der Waals surface area contributed by atoms with Crippen LogP contribution in [0.25, 0.3) is 10.8 Å². The van der Waals surface area contributed by atoms with Gasteiger partial charge >= 0.3 is 0 Å². The van der Waals surface area contributed by atoms with Gasteiger partial charge < -0.3 is 0 Å². The molecule has 1 heteroatoms. The summed E-state index contributed by atoms with van der Waals surface area (Å²) in [7, 11) is 0. The quantitative estimate of drug-likeness (QED) is 0.679. The Bertz CT molecular complexity index is 514. The van der Waals surface area contributed by atoms with Crippen molar-refractivity contribution in [2.24, 2.45) is 5.92 Å². The molecule has 1 aliphatic rings. The largest absolute Gasteiger partial charge is 0.123 e. The van der Waals surface area contributed by atoms with Crippen molar-refractivity contribution in [3.63, 3.8) is 0 Å². The van der Waals surface area contributed by atoms with Crippen LogP contribution in [0.1, 0.15) is 24.8 Å². The van der Waals surface area contributed by atoms with E-state index in [0.29, 0.717) is 5.38 Å². The Kier molecular flexibility index (Phi) is 3.07. The molecule has 3 rings (SSSR count). The number of halogens is 1. The molecule has 1 aliphatic carbocycles. The molecule has 2 aromatic carbocycles. The number of hydrogen-bond acceptors (Lipinski definition) is 0. The molecular weight excluding hydrogens is 228 g/mol. The van der Waals surface area contributed by atoms with Gasteiger partial charge in [0.15, 0.2) is 0 Å². The molecule has 1 saturated carbocycles. The summed E-state index contributed by atoms with van der Waals surface area (Å²) in [5, 5.41) is 2.94. The lowest BCUT2D eigenvalue weighted by atomic mass is 10.0. The van der Waals surface area contributed by atoms with Crippen LogP contribution in [-0.4, -0.2) is 5.38 Å². The van der Waals surface area contributed by atoms with Crippen molar-refractivity contribution >= 4 is 22.4 Å². The first-order valence-electron chi connectivity index (χ1n) is 6.43. The molecule has 88 valence electrons. The number of alkyl halides is 1. The van der Waals surface area contributed by atoms with Crippen LogP contribution in [-0.2, 0) is 6.42 Å². The molecule has 1 fully saturated rings. The van der Waals surface area contributed by atoms with Crippen LogP contribution in [0.4, 0.5) is 0 Å². The highest BCUT2D eigenvalue weighted by Crippen LogP contribution is 2.35. The molecule has 2 aromatic rings. The molecule has 1 atom stereocenters. The topological polar surface area (TPSA) is 0 Å². The van der Waals surface area contributed by atoms with E-state index in [0.717, 1.165) is 12.3 Å². The molecule has 0 N–H and O–H groups in total. The summed E-state index contributed by atoms with van der Waals surface area (Å²) < 4.78 is 0. The van der Waals surface area contributed by atoms with Crippen molar-refractivity contribution in [2.45, 2.75) is 31.1 Å². The maximum atomic E-state index is 6.40. The third kappa shape index (κ3) is 2.81. The fourth-order valence-corrected chi connectivity index (χ4v) is 2.85. The van der Waals surface area contributed by atoms with Gasteiger partial charge in [-0.05, 0) is 35.1 Å². The van der Waals surface area contributed by atoms with Crippen LogP contribution in [0.3, 0.4) is 0 Å². The predicted molar refractivity (Wildman–Crippen MR) is 74.6 cm³/mol. The molecule has 0 radical (unpaired) electrons. The predicted octanol–water partition coefficient (Wildman–Crippen LogP) is 4.79. The van der Waals surface area contributed by atoms with Gasteiger partial charge in [-0.3, -0.25) is 0 Å². The zero-order valence-electron chi connectivity index (χ0n) is 9.90. The lowest BCUT2D eigenvalue weighted by Gasteiger charge is -2.09. The standard InChI is InChI=1S/C16H17Cl/c17-16(10-12-5-6-12)11-13-7-8-14-3-1-2-4-15(14)9-13/h1-4,7-9,12,16H,5-6,10-11H2. The van der Waals surface area contributed by atoms with Gasteiger partial charge in [0.05, 0.1) is 0 Å². The molecule has 0 spiro atoms. The molecular formula is C16H17Cl. The molecule has 0 nitrogen and oxygen atoms in total. The Morgan fingerprint density at radius 1 is 1.06 bits per heavy atom. The first-order chi connectivity index (χ1) is 8.31. The van der Waals surface area contributed by atoms with E-state index in [4.69, 9.17) is 11.6 Å². The Morgan fingerprint density at radius 3 is 2.59 bits per heavy atom. The third-order valence-electron chi connectivity index (χ3n) is 3.56. The Hall–Kier alpha value is -1.01. The number of hydrogen-bond donors (Lipinski definition) is 0. The van der Waals surface area contributed by atoms with Crippen LogP contribution in [0, 0.1) is 5.92 Å². The summed E-state index contributed by atoms with van der Waals surface area (Å²) >= 11 is 6.40. The molecule has 0 amide bonds. The van der Waals surface area contributed by atoms with Crippen molar-refractivity contribution < 1.29 is 0 Å². The molecule has 0 bridgehead atoms. The van der Waals surface area contributed by atoms with E-state index in [1.54, 1.807) is 0 Å². The Morgan fingerprint density at radius 2 is 1.82 bits per heavy atom. The smallest absolute Gasteiger partial charge is 0.0379 e. The van der Waals surface area contributed by atoms with Gasteiger partial charge in [0.2, 0.25) is 0 Å². The highest BCUT2D eigenvalue weighted by molar-refractivity contribution is 6.20. The van der Waals surface area contributed by atoms with Crippen LogP contribution in [0.5, 0.6) is 0 Å². The van der Waals surface area contributed by atoms with Gasteiger partial charge in [-0.2, -0.15) is 0 Å². The van der Waals surface area contributed by atoms with Gasteiger partial charge in [-0.1, -0.05) is 55.3 Å². The minimum atomic E-state index is 0.309. The second-order valence-electron chi connectivity index (χ2n) is 5.16. The van der Waals surface area contributed by atoms with Crippen molar-refractivity contribution in [3.05, 3.63) is 48.0 Å². The van der Waals surface area contributed by atoms with E-state index < -0.39 is 0 Å². The highest BCUT2D eigenvalue weighted by atomic mass is 35.5. The molecule has 0 heterocycles. The first-order valence-corrected chi connectivity index (χ1v) is 6.86. The van der Waals surface area contributed by atoms with Crippen molar-refractivity contribution in [1.82, 2.24) is 0 Å². The zero-order valence-corrected chi connectivity index (χ0v) is 10.7. The zero-order chi connectivity index (χ0) is 11.7. The summed E-state index contributed by atoms with van der Waals surface area (Å²) in [5.41, 5.74) is 1.37. The van der Waals surface area contributed by atoms with E-state index in [-0.39, 0.29) is 0 Å². The second kappa shape index (κ2) is 4.70. The van der Waals surface area contributed by atoms with E-state index in [1.807, 2.05) is 0 Å². The van der Waals surface area contributed by atoms with E-state index >= 15 is 0 Å². The van der Waals surface area contributed by atoms with E-state index in [2.05, 4.69) is 42.5 Å². The van der Waals surface area contributed by atoms with Crippen molar-refractivity contribution in [2.75, 3.05) is 0 Å². The van der Waals surface area contributed by atoms with Crippen LogP contribution in [0.2, 0.25) is 0 Å². The van der Waals surface area contributed by atoms with Gasteiger partial charge in [-0.25, -0.2) is 0 Å². The van der Waals surface area contributed by atoms with E-state index in [1.165, 1.54) is 35.6 Å². The fourth-order valence-electron chi connectivity index (χ4n) is 2.42. The maximum absolute atomic E-state index is 6.40. The van der Waals surface area contributed by atoms with Gasteiger partial charge in [0, 0.05) is 5.38 Å². The molecule has 17 heavy (non-hydrogen) atoms. The average Bonchev–Trinajstić information content (AvgIpc) is 3.12. The van der Waals surface area contributed by atoms with Crippen molar-refractivity contribution in [3.8, 4) is 0 Å². The lowest BCUT2D eigenvalue weighted by Crippen LogP contribution is -2.04. The normalized spacial score (nSPS) is 17.2. The lowest BCUT2D eigenvalue weighted by molar-refractivity contribution is 0.675. The molecule has 0 aromatic heterocycles. The van der Waals surface area contributed by atoms with Crippen LogP contribution < -0.4 is 0 Å². The minimum Gasteiger partial charge on any atom is -0.123 e. The molecule has 0 aliphatic heterocycles. The fraction of sp³-hybridized carbons (Fsp3) is 0.375. The summed E-state index contributed by atoms with van der Waals surface area (Å²) in [6, 6.07) is 15.2. The van der Waals surface area contributed by atoms with Gasteiger partial charge in [0.25, 0.3) is 0 Å². The number of rotatable bonds is 4. The van der Waals surface area contributed by atoms with Crippen LogP contribution in [0.15, 0.2) is 42.5 Å². The highest BCUT2D eigenvalue weighted by Gasteiger charge is 2.24. The monoisotopic (exact) mass is 244 g/mol. The maximum Gasteiger partial charge on any atom is 0.0379 e. The molecule has 0 saturated heterocycles. The summed E-state index contributed by atoms with van der Waals surface area (Å²) in [5.74, 6) is 0.915. The first kappa shape index (κ1) is 11.1. The number of benzene rings is 2. The molecule has 1 unspecified atom stereocenters. The Labute approximate surface area is 108 Å². The Balaban J connectivity index is 1.75. The SMILES string of the molecule is ClC(Cc1ccc2ccccc2c1)CC1CC1. The van der Waals surface area contributed by atoms with Crippen LogP contribution >= 0.6 is 11.6 Å². The van der Waals surface area contributed by atoms with E-state index in [9.17, 15) is 0 Å². The second-order valence-corrected chi connectivity index (χ2v) is 5.78.